The highest BCUT2D eigenvalue weighted by atomic mass is 35.5. The lowest BCUT2D eigenvalue weighted by molar-refractivity contribution is -0.137. The molecule has 1 heterocycles. The predicted molar refractivity (Wildman–Crippen MR) is 114 cm³/mol. The van der Waals surface area contributed by atoms with E-state index in [9.17, 15) is 26.4 Å². The minimum Gasteiger partial charge on any atom is -0.492 e. The van der Waals surface area contributed by atoms with Crippen molar-refractivity contribution in [1.82, 2.24) is 4.31 Å². The second-order valence-corrected chi connectivity index (χ2v) is 9.64. The molecule has 0 radical (unpaired) electrons. The maximum Gasteiger partial charge on any atom is 0.416 e. The highest BCUT2D eigenvalue weighted by Gasteiger charge is 2.34. The quantitative estimate of drug-likeness (QED) is 0.631. The van der Waals surface area contributed by atoms with Crippen LogP contribution in [0.3, 0.4) is 0 Å². The zero-order valence-electron chi connectivity index (χ0n) is 17.2. The molecular formula is C21H22ClF3N2O4S. The van der Waals surface area contributed by atoms with Gasteiger partial charge in [0.25, 0.3) is 0 Å². The van der Waals surface area contributed by atoms with Crippen molar-refractivity contribution in [3.63, 3.8) is 0 Å². The molecule has 0 aliphatic carbocycles. The average Bonchev–Trinajstić information content (AvgIpc) is 2.75. The third-order valence-electron chi connectivity index (χ3n) is 5.08. The molecule has 32 heavy (non-hydrogen) atoms. The van der Waals surface area contributed by atoms with Gasteiger partial charge in [-0.2, -0.15) is 17.5 Å². The lowest BCUT2D eigenvalue weighted by Crippen LogP contribution is -2.43. The minimum absolute atomic E-state index is 0.00486. The maximum absolute atomic E-state index is 13.1. The Morgan fingerprint density at radius 2 is 1.91 bits per heavy atom. The lowest BCUT2D eigenvalue weighted by atomic mass is 9.98. The van der Waals surface area contributed by atoms with E-state index in [1.165, 1.54) is 34.6 Å². The van der Waals surface area contributed by atoms with Gasteiger partial charge in [-0.25, -0.2) is 8.42 Å². The van der Waals surface area contributed by atoms with Crippen LogP contribution in [-0.4, -0.2) is 38.3 Å². The molecule has 0 saturated carbocycles. The number of benzene rings is 2. The van der Waals surface area contributed by atoms with Crippen molar-refractivity contribution in [3.8, 4) is 5.75 Å². The molecule has 1 atom stereocenters. The van der Waals surface area contributed by atoms with Gasteiger partial charge >= 0.3 is 6.18 Å². The van der Waals surface area contributed by atoms with Crippen LogP contribution in [0.5, 0.6) is 5.75 Å². The second kappa shape index (κ2) is 9.68. The van der Waals surface area contributed by atoms with Gasteiger partial charge in [-0.3, -0.25) is 4.79 Å². The van der Waals surface area contributed by atoms with Crippen LogP contribution in [-0.2, 0) is 21.0 Å². The number of rotatable bonds is 6. The van der Waals surface area contributed by atoms with E-state index in [0.29, 0.717) is 25.2 Å². The highest BCUT2D eigenvalue weighted by Crippen LogP contribution is 2.32. The molecule has 1 N–H and O–H groups in total. The number of piperidine rings is 1. The summed E-state index contributed by atoms with van der Waals surface area (Å²) in [5, 5.41) is 2.74. The molecule has 1 aliphatic heterocycles. The van der Waals surface area contributed by atoms with Crippen molar-refractivity contribution in [2.24, 2.45) is 5.92 Å². The predicted octanol–water partition coefficient (Wildman–Crippen LogP) is 4.80. The van der Waals surface area contributed by atoms with Crippen LogP contribution in [0.15, 0.2) is 47.4 Å². The number of ether oxygens (including phenoxy) is 1. The van der Waals surface area contributed by atoms with Crippen molar-refractivity contribution in [3.05, 3.63) is 53.1 Å². The minimum atomic E-state index is -4.47. The number of nitrogens with zero attached hydrogens (tertiary/aromatic N) is 1. The van der Waals surface area contributed by atoms with E-state index >= 15 is 0 Å². The number of alkyl halides is 3. The molecular weight excluding hydrogens is 469 g/mol. The van der Waals surface area contributed by atoms with Crippen molar-refractivity contribution >= 4 is 33.2 Å². The number of hydrogen-bond donors (Lipinski definition) is 1. The summed E-state index contributed by atoms with van der Waals surface area (Å²) in [5.41, 5.74) is -0.610. The molecule has 2 aromatic rings. The first-order valence-electron chi connectivity index (χ1n) is 9.93. The van der Waals surface area contributed by atoms with Gasteiger partial charge in [-0.1, -0.05) is 11.6 Å². The van der Waals surface area contributed by atoms with Crippen LogP contribution in [0.25, 0.3) is 0 Å². The van der Waals surface area contributed by atoms with Crippen LogP contribution in [0.2, 0.25) is 5.02 Å². The Morgan fingerprint density at radius 3 is 2.50 bits per heavy atom. The largest absolute Gasteiger partial charge is 0.492 e. The number of anilines is 1. The number of carbonyl (C=O) groups excluding carboxylic acids is 1. The fraction of sp³-hybridized carbons (Fsp3) is 0.381. The van der Waals surface area contributed by atoms with Crippen LogP contribution in [0, 0.1) is 5.92 Å². The van der Waals surface area contributed by atoms with E-state index in [2.05, 4.69) is 5.32 Å². The zero-order chi connectivity index (χ0) is 23.5. The zero-order valence-corrected chi connectivity index (χ0v) is 18.7. The molecule has 1 fully saturated rings. The molecule has 0 spiro atoms. The Balaban J connectivity index is 1.70. The summed E-state index contributed by atoms with van der Waals surface area (Å²) >= 11 is 6.12. The summed E-state index contributed by atoms with van der Waals surface area (Å²) in [7, 11) is -3.89. The number of nitrogens with one attached hydrogen (secondary N) is 1. The smallest absolute Gasteiger partial charge is 0.416 e. The lowest BCUT2D eigenvalue weighted by Gasteiger charge is -2.31. The fourth-order valence-corrected chi connectivity index (χ4v) is 5.28. The van der Waals surface area contributed by atoms with E-state index in [1.54, 1.807) is 6.92 Å². The van der Waals surface area contributed by atoms with Gasteiger partial charge in [0.05, 0.1) is 28.0 Å². The number of halogens is 4. The molecule has 3 rings (SSSR count). The Bertz CT molecular complexity index is 1080. The highest BCUT2D eigenvalue weighted by molar-refractivity contribution is 7.89. The molecule has 0 aromatic heterocycles. The van der Waals surface area contributed by atoms with Gasteiger partial charge in [0, 0.05) is 18.8 Å². The number of sulfonamides is 1. The molecule has 6 nitrogen and oxygen atoms in total. The van der Waals surface area contributed by atoms with Crippen LogP contribution in [0.1, 0.15) is 25.3 Å². The van der Waals surface area contributed by atoms with E-state index in [4.69, 9.17) is 16.3 Å². The van der Waals surface area contributed by atoms with Crippen molar-refractivity contribution in [1.29, 1.82) is 0 Å². The van der Waals surface area contributed by atoms with Crippen LogP contribution < -0.4 is 10.1 Å². The van der Waals surface area contributed by atoms with Gasteiger partial charge < -0.3 is 10.1 Å². The first-order chi connectivity index (χ1) is 15.0. The van der Waals surface area contributed by atoms with E-state index in [0.717, 1.165) is 12.1 Å². The monoisotopic (exact) mass is 490 g/mol. The van der Waals surface area contributed by atoms with E-state index < -0.39 is 33.6 Å². The Labute approximate surface area is 189 Å². The standard InChI is InChI=1S/C21H22ClF3N2O4S/c1-2-31-19-10-9-17(12-18(19)22)32(29,30)27-11-3-4-14(13-27)20(28)26-16-7-5-15(6-8-16)21(23,24)25/h5-10,12,14H,2-4,11,13H2,1H3,(H,26,28)/t14-/m0/s1. The first-order valence-corrected chi connectivity index (χ1v) is 11.7. The van der Waals surface area contributed by atoms with Gasteiger partial charge in [-0.15, -0.1) is 0 Å². The SMILES string of the molecule is CCOc1ccc(S(=O)(=O)N2CCC[C@H](C(=O)Nc3ccc(C(F)(F)F)cc3)C2)cc1Cl. The van der Waals surface area contributed by atoms with Gasteiger partial charge in [-0.05, 0) is 62.2 Å². The molecule has 0 bridgehead atoms. The van der Waals surface area contributed by atoms with Crippen molar-refractivity contribution in [2.75, 3.05) is 25.0 Å². The normalized spacial score (nSPS) is 17.7. The Hall–Kier alpha value is -2.30. The molecule has 11 heteroatoms. The third-order valence-corrected chi connectivity index (χ3v) is 7.23. The van der Waals surface area contributed by atoms with E-state index in [1.807, 2.05) is 0 Å². The molecule has 1 saturated heterocycles. The summed E-state index contributed by atoms with van der Waals surface area (Å²) in [5.74, 6) is -0.714. The average molecular weight is 491 g/mol. The molecule has 1 amide bonds. The van der Waals surface area contributed by atoms with Crippen LogP contribution in [0.4, 0.5) is 18.9 Å². The Morgan fingerprint density at radius 1 is 1.22 bits per heavy atom. The number of amides is 1. The second-order valence-electron chi connectivity index (χ2n) is 7.29. The molecule has 174 valence electrons. The Kier molecular flexibility index (Phi) is 7.36. The fourth-order valence-electron chi connectivity index (χ4n) is 3.43. The van der Waals surface area contributed by atoms with E-state index in [-0.39, 0.29) is 28.7 Å². The maximum atomic E-state index is 13.1. The summed E-state index contributed by atoms with van der Waals surface area (Å²) in [4.78, 5) is 12.6. The summed E-state index contributed by atoms with van der Waals surface area (Å²) in [6.45, 7) is 2.37. The van der Waals surface area contributed by atoms with Crippen molar-refractivity contribution in [2.45, 2.75) is 30.8 Å². The van der Waals surface area contributed by atoms with Crippen LogP contribution >= 0.6 is 11.6 Å². The number of hydrogen-bond acceptors (Lipinski definition) is 4. The topological polar surface area (TPSA) is 75.7 Å². The van der Waals surface area contributed by atoms with Gasteiger partial charge in [0.15, 0.2) is 0 Å². The molecule has 1 aliphatic rings. The summed E-state index contributed by atoms with van der Waals surface area (Å²) in [6.07, 6.45) is -3.54. The first kappa shape index (κ1) is 24.3. The third kappa shape index (κ3) is 5.54. The number of carbonyl (C=O) groups is 1. The van der Waals surface area contributed by atoms with Crippen molar-refractivity contribution < 1.29 is 31.1 Å². The van der Waals surface area contributed by atoms with Gasteiger partial charge in [0.1, 0.15) is 5.75 Å². The summed E-state index contributed by atoms with van der Waals surface area (Å²) < 4.78 is 70.7. The molecule has 2 aromatic carbocycles. The summed E-state index contributed by atoms with van der Waals surface area (Å²) in [6, 6.07) is 8.29. The molecule has 0 unspecified atom stereocenters. The van der Waals surface area contributed by atoms with Gasteiger partial charge in [0.2, 0.25) is 15.9 Å².